The van der Waals surface area contributed by atoms with Crippen molar-refractivity contribution in [2.45, 2.75) is 50.7 Å². The lowest BCUT2D eigenvalue weighted by Gasteiger charge is -2.25. The summed E-state index contributed by atoms with van der Waals surface area (Å²) in [7, 11) is 0. The first-order chi connectivity index (χ1) is 21.6. The minimum atomic E-state index is -4.63. The van der Waals surface area contributed by atoms with E-state index in [2.05, 4.69) is 36.2 Å². The van der Waals surface area contributed by atoms with Crippen molar-refractivity contribution in [2.75, 3.05) is 21.3 Å². The highest BCUT2D eigenvalue weighted by Gasteiger charge is 2.33. The average Bonchev–Trinajstić information content (AvgIpc) is 3.69. The number of nitrogens with two attached hydrogens (primary N) is 1. The quantitative estimate of drug-likeness (QED) is 0.141. The summed E-state index contributed by atoms with van der Waals surface area (Å²) in [6.07, 6.45) is 1.28. The number of alkyl halides is 3. The maximum absolute atomic E-state index is 13.7. The van der Waals surface area contributed by atoms with E-state index in [-0.39, 0.29) is 23.1 Å². The van der Waals surface area contributed by atoms with Crippen molar-refractivity contribution in [2.24, 2.45) is 0 Å². The summed E-state index contributed by atoms with van der Waals surface area (Å²) in [6.45, 7) is 0.136. The van der Waals surface area contributed by atoms with Crippen LogP contribution in [0.25, 0.3) is 10.2 Å². The number of halogens is 3. The number of hydrogen-bond donors (Lipinski definition) is 4. The third-order valence-corrected chi connectivity index (χ3v) is 8.67. The molecule has 0 atom stereocenters. The molecule has 1 saturated carbocycles. The summed E-state index contributed by atoms with van der Waals surface area (Å²) >= 11 is 1.03. The van der Waals surface area contributed by atoms with Gasteiger partial charge in [0.05, 0.1) is 22.3 Å². The maximum Gasteiger partial charge on any atom is 0.418 e. The Morgan fingerprint density at radius 3 is 2.40 bits per heavy atom. The third kappa shape index (κ3) is 6.87. The van der Waals surface area contributed by atoms with Gasteiger partial charge in [-0.3, -0.25) is 20.3 Å². The fourth-order valence-electron chi connectivity index (χ4n) is 5.42. The van der Waals surface area contributed by atoms with E-state index in [4.69, 9.17) is 5.73 Å². The molecule has 2 heterocycles. The molecule has 3 amide bonds. The molecule has 5 aromatic rings. The molecule has 0 bridgehead atoms. The molecule has 3 aromatic carbocycles. The molecule has 0 aliphatic heterocycles. The third-order valence-electron chi connectivity index (χ3n) is 7.73. The van der Waals surface area contributed by atoms with E-state index in [9.17, 15) is 22.8 Å². The molecule has 0 unspecified atom stereocenters. The van der Waals surface area contributed by atoms with Gasteiger partial charge in [0, 0.05) is 16.9 Å². The van der Waals surface area contributed by atoms with Gasteiger partial charge in [0.2, 0.25) is 0 Å². The Morgan fingerprint density at radius 1 is 1.00 bits per heavy atom. The number of tetrazole rings is 1. The smallest absolute Gasteiger partial charge is 0.398 e. The Balaban J connectivity index is 1.25. The number of benzene rings is 3. The predicted molar refractivity (Wildman–Crippen MR) is 165 cm³/mol. The van der Waals surface area contributed by atoms with Crippen LogP contribution < -0.4 is 21.3 Å². The molecule has 1 aliphatic rings. The SMILES string of the molecule is Nc1cc2sc(NC(=O)N(Cc3ccc(C(=O)Nc4nn[nH]n4)cc3)c3ccc(C4CCCCC4)cc3)nc2cc1C(F)(F)F. The van der Waals surface area contributed by atoms with Crippen LogP contribution in [-0.2, 0) is 12.7 Å². The van der Waals surface area contributed by atoms with Crippen molar-refractivity contribution < 1.29 is 22.8 Å². The number of aromatic nitrogens is 5. The minimum Gasteiger partial charge on any atom is -0.398 e. The number of rotatable bonds is 7. The Morgan fingerprint density at radius 2 is 1.73 bits per heavy atom. The van der Waals surface area contributed by atoms with Gasteiger partial charge in [-0.05, 0) is 71.5 Å². The van der Waals surface area contributed by atoms with Crippen LogP contribution in [0.3, 0.4) is 0 Å². The number of carbonyl (C=O) groups is 2. The van der Waals surface area contributed by atoms with Crippen LogP contribution in [0.1, 0.15) is 65.1 Å². The van der Waals surface area contributed by atoms with Crippen LogP contribution >= 0.6 is 11.3 Å². The van der Waals surface area contributed by atoms with Gasteiger partial charge in [-0.1, -0.05) is 60.0 Å². The van der Waals surface area contributed by atoms with E-state index in [1.807, 2.05) is 24.3 Å². The molecule has 11 nitrogen and oxygen atoms in total. The lowest BCUT2D eigenvalue weighted by molar-refractivity contribution is -0.136. The van der Waals surface area contributed by atoms with Gasteiger partial charge in [-0.15, -0.1) is 5.10 Å². The molecule has 15 heteroatoms. The molecule has 6 rings (SSSR count). The molecular weight excluding hydrogens is 607 g/mol. The maximum atomic E-state index is 13.7. The largest absolute Gasteiger partial charge is 0.418 e. The number of nitrogens with one attached hydrogen (secondary N) is 3. The van der Waals surface area contributed by atoms with Crippen LogP contribution in [0.5, 0.6) is 0 Å². The summed E-state index contributed by atoms with van der Waals surface area (Å²) in [5.41, 5.74) is 7.26. The summed E-state index contributed by atoms with van der Waals surface area (Å²) in [4.78, 5) is 32.0. The molecule has 0 spiro atoms. The van der Waals surface area contributed by atoms with E-state index in [1.165, 1.54) is 35.8 Å². The summed E-state index contributed by atoms with van der Waals surface area (Å²) in [5, 5.41) is 18.5. The number of nitrogen functional groups attached to an aromatic ring is 1. The number of aromatic amines is 1. The van der Waals surface area contributed by atoms with E-state index >= 15 is 0 Å². The Bertz CT molecular complexity index is 1800. The number of H-pyrrole nitrogens is 1. The standard InChI is InChI=1S/C30H28F3N9O2S/c31-30(32,33)22-14-24-25(15-23(22)34)45-28(35-24)37-29(44)42(21-12-10-19(11-13-21)18-4-2-1-3-5-18)16-17-6-8-20(9-7-17)26(43)36-27-38-40-41-39-27/h6-15,18H,1-5,16,34H2,(H,35,37,44)(H2,36,38,39,40,41,43). The number of hydrogen-bond acceptors (Lipinski definition) is 8. The number of thiazole rings is 1. The minimum absolute atomic E-state index is 0.0377. The first kappa shape index (κ1) is 30.0. The van der Waals surface area contributed by atoms with Gasteiger partial charge >= 0.3 is 12.2 Å². The van der Waals surface area contributed by atoms with Crippen molar-refractivity contribution in [1.82, 2.24) is 25.6 Å². The van der Waals surface area contributed by atoms with Gasteiger partial charge in [-0.2, -0.15) is 18.4 Å². The second kappa shape index (κ2) is 12.5. The van der Waals surface area contributed by atoms with Crippen molar-refractivity contribution in [3.05, 3.63) is 82.9 Å². The van der Waals surface area contributed by atoms with Gasteiger partial charge in [0.1, 0.15) is 0 Å². The molecule has 0 radical (unpaired) electrons. The highest BCUT2D eigenvalue weighted by Crippen LogP contribution is 2.38. The van der Waals surface area contributed by atoms with Gasteiger partial charge in [0.25, 0.3) is 11.9 Å². The van der Waals surface area contributed by atoms with Crippen LogP contribution in [0.15, 0.2) is 60.7 Å². The normalized spacial score (nSPS) is 13.9. The highest BCUT2D eigenvalue weighted by atomic mass is 32.1. The fraction of sp³-hybridized carbons (Fsp3) is 0.267. The molecule has 232 valence electrons. The highest BCUT2D eigenvalue weighted by molar-refractivity contribution is 7.22. The first-order valence-corrected chi connectivity index (χ1v) is 15.0. The first-order valence-electron chi connectivity index (χ1n) is 14.2. The number of carbonyl (C=O) groups excluding carboxylic acids is 2. The van der Waals surface area contributed by atoms with Crippen LogP contribution in [-0.4, -0.2) is 37.5 Å². The molecule has 2 aromatic heterocycles. The van der Waals surface area contributed by atoms with Crippen molar-refractivity contribution >= 4 is 55.9 Å². The second-order valence-electron chi connectivity index (χ2n) is 10.8. The van der Waals surface area contributed by atoms with E-state index in [1.54, 1.807) is 24.3 Å². The average molecular weight is 636 g/mol. The molecule has 0 saturated heterocycles. The molecule has 5 N–H and O–H groups in total. The number of anilines is 4. The Hall–Kier alpha value is -5.05. The molecule has 1 fully saturated rings. The number of fused-ring (bicyclic) bond motifs is 1. The van der Waals surface area contributed by atoms with Crippen molar-refractivity contribution in [3.8, 4) is 0 Å². The Labute approximate surface area is 259 Å². The molecule has 1 aliphatic carbocycles. The van der Waals surface area contributed by atoms with Gasteiger partial charge in [0.15, 0.2) is 5.13 Å². The topological polar surface area (TPSA) is 155 Å². The van der Waals surface area contributed by atoms with E-state index in [0.717, 1.165) is 35.8 Å². The number of nitrogens with zero attached hydrogens (tertiary/aromatic N) is 5. The zero-order valence-electron chi connectivity index (χ0n) is 23.8. The number of urea groups is 1. The van der Waals surface area contributed by atoms with Gasteiger partial charge in [-0.25, -0.2) is 9.78 Å². The summed E-state index contributed by atoms with van der Waals surface area (Å²) < 4.78 is 40.6. The summed E-state index contributed by atoms with van der Waals surface area (Å²) in [5.74, 6) is 0.0924. The fourth-order valence-corrected chi connectivity index (χ4v) is 6.31. The molecule has 45 heavy (non-hydrogen) atoms. The monoisotopic (exact) mass is 635 g/mol. The zero-order chi connectivity index (χ0) is 31.6. The van der Waals surface area contributed by atoms with Crippen molar-refractivity contribution in [1.29, 1.82) is 0 Å². The van der Waals surface area contributed by atoms with Crippen molar-refractivity contribution in [3.63, 3.8) is 0 Å². The lowest BCUT2D eigenvalue weighted by atomic mass is 9.84. The van der Waals surface area contributed by atoms with E-state index < -0.39 is 29.4 Å². The number of amides is 3. The van der Waals surface area contributed by atoms with Crippen LogP contribution in [0, 0.1) is 0 Å². The predicted octanol–water partition coefficient (Wildman–Crippen LogP) is 6.95. The van der Waals surface area contributed by atoms with Gasteiger partial charge < -0.3 is 5.73 Å². The van der Waals surface area contributed by atoms with Crippen LogP contribution in [0.4, 0.5) is 40.4 Å². The Kier molecular flexibility index (Phi) is 8.34. The second-order valence-corrected chi connectivity index (χ2v) is 11.8. The summed E-state index contributed by atoms with van der Waals surface area (Å²) in [6, 6.07) is 16.1. The van der Waals surface area contributed by atoms with Crippen LogP contribution in [0.2, 0.25) is 0 Å². The van der Waals surface area contributed by atoms with E-state index in [0.29, 0.717) is 21.9 Å². The lowest BCUT2D eigenvalue weighted by Crippen LogP contribution is -2.34. The zero-order valence-corrected chi connectivity index (χ0v) is 24.6. The molecular formula is C30H28F3N9O2S.